The molecular formula is C18H36O. The molecule has 0 fully saturated rings. The Labute approximate surface area is 121 Å². The van der Waals surface area contributed by atoms with Gasteiger partial charge in [-0.3, -0.25) is 0 Å². The van der Waals surface area contributed by atoms with Crippen LogP contribution < -0.4 is 0 Å². The molecule has 0 heterocycles. The van der Waals surface area contributed by atoms with Crippen LogP contribution in [0.15, 0.2) is 12.2 Å². The minimum Gasteiger partial charge on any atom is -0.389 e. The largest absolute Gasteiger partial charge is 0.389 e. The third kappa shape index (κ3) is 8.47. The van der Waals surface area contributed by atoms with E-state index in [4.69, 9.17) is 0 Å². The van der Waals surface area contributed by atoms with Crippen molar-refractivity contribution in [3.63, 3.8) is 0 Å². The molecule has 19 heavy (non-hydrogen) atoms. The van der Waals surface area contributed by atoms with Crippen molar-refractivity contribution in [2.75, 3.05) is 0 Å². The van der Waals surface area contributed by atoms with Crippen LogP contribution in [0.2, 0.25) is 0 Å². The maximum atomic E-state index is 10.3. The van der Waals surface area contributed by atoms with Gasteiger partial charge in [-0.15, -0.1) is 0 Å². The summed E-state index contributed by atoms with van der Waals surface area (Å²) in [6.07, 6.45) is 7.38. The molecule has 0 aliphatic heterocycles. The second-order valence-corrected chi connectivity index (χ2v) is 7.72. The molecule has 1 N–H and O–H groups in total. The van der Waals surface area contributed by atoms with Crippen LogP contribution in [-0.4, -0.2) is 11.2 Å². The lowest BCUT2D eigenvalue weighted by Gasteiger charge is -2.29. The lowest BCUT2D eigenvalue weighted by molar-refractivity contribution is 0.157. The zero-order valence-corrected chi connectivity index (χ0v) is 14.2. The van der Waals surface area contributed by atoms with E-state index in [0.29, 0.717) is 5.41 Å². The second kappa shape index (κ2) is 8.09. The van der Waals surface area contributed by atoms with Crippen LogP contribution in [0, 0.1) is 10.8 Å². The molecule has 0 aromatic heterocycles. The minimum atomic E-state index is -0.327. The lowest BCUT2D eigenvalue weighted by atomic mass is 9.78. The summed E-state index contributed by atoms with van der Waals surface area (Å²) in [5, 5.41) is 10.3. The van der Waals surface area contributed by atoms with E-state index in [9.17, 15) is 5.11 Å². The van der Waals surface area contributed by atoms with Gasteiger partial charge >= 0.3 is 0 Å². The monoisotopic (exact) mass is 268 g/mol. The van der Waals surface area contributed by atoms with E-state index in [-0.39, 0.29) is 11.5 Å². The van der Waals surface area contributed by atoms with Crippen molar-refractivity contribution in [2.45, 2.75) is 92.6 Å². The molecule has 1 atom stereocenters. The van der Waals surface area contributed by atoms with Crippen molar-refractivity contribution >= 4 is 0 Å². The molecule has 1 heteroatoms. The van der Waals surface area contributed by atoms with E-state index in [1.165, 1.54) is 25.7 Å². The number of hydrogen-bond acceptors (Lipinski definition) is 1. The summed E-state index contributed by atoms with van der Waals surface area (Å²) in [7, 11) is 0. The summed E-state index contributed by atoms with van der Waals surface area (Å²) in [5.41, 5.74) is 1.63. The fourth-order valence-corrected chi connectivity index (χ4v) is 3.03. The smallest absolute Gasteiger partial charge is 0.0747 e. The van der Waals surface area contributed by atoms with Crippen LogP contribution in [0.1, 0.15) is 86.5 Å². The molecule has 0 spiro atoms. The zero-order valence-electron chi connectivity index (χ0n) is 14.2. The Morgan fingerprint density at radius 2 is 1.42 bits per heavy atom. The third-order valence-electron chi connectivity index (χ3n) is 4.12. The molecule has 0 saturated carbocycles. The highest BCUT2D eigenvalue weighted by Crippen LogP contribution is 2.34. The highest BCUT2D eigenvalue weighted by Gasteiger charge is 2.23. The Bertz CT molecular complexity index is 263. The summed E-state index contributed by atoms with van der Waals surface area (Å²) >= 11 is 0. The minimum absolute atomic E-state index is 0.270. The first-order valence-corrected chi connectivity index (χ1v) is 7.99. The molecule has 0 aromatic carbocycles. The average molecular weight is 268 g/mol. The van der Waals surface area contributed by atoms with Crippen molar-refractivity contribution in [1.82, 2.24) is 0 Å². The highest BCUT2D eigenvalue weighted by atomic mass is 16.3. The molecule has 0 rings (SSSR count). The molecule has 0 radical (unpaired) electrons. The quantitative estimate of drug-likeness (QED) is 0.502. The zero-order chi connectivity index (χ0) is 15.1. The number of aliphatic hydroxyl groups excluding tert-OH is 1. The SMILES string of the molecule is C=C(CC(C)(C)CCC)C(O)CCC(C)(C)CCC. The highest BCUT2D eigenvalue weighted by molar-refractivity contribution is 5.05. The van der Waals surface area contributed by atoms with Gasteiger partial charge in [0.25, 0.3) is 0 Å². The Kier molecular flexibility index (Phi) is 7.96. The van der Waals surface area contributed by atoms with Crippen LogP contribution in [0.5, 0.6) is 0 Å². The summed E-state index contributed by atoms with van der Waals surface area (Å²) in [6, 6.07) is 0. The van der Waals surface area contributed by atoms with Crippen molar-refractivity contribution in [3.8, 4) is 0 Å². The van der Waals surface area contributed by atoms with E-state index in [1.54, 1.807) is 0 Å². The van der Waals surface area contributed by atoms with Crippen LogP contribution in [0.3, 0.4) is 0 Å². The van der Waals surface area contributed by atoms with Crippen LogP contribution in [-0.2, 0) is 0 Å². The Hall–Kier alpha value is -0.300. The first-order chi connectivity index (χ1) is 8.63. The topological polar surface area (TPSA) is 20.2 Å². The molecule has 1 unspecified atom stereocenters. The van der Waals surface area contributed by atoms with Crippen molar-refractivity contribution in [2.24, 2.45) is 10.8 Å². The normalized spacial score (nSPS) is 14.5. The van der Waals surface area contributed by atoms with E-state index in [1.807, 2.05) is 0 Å². The van der Waals surface area contributed by atoms with Gasteiger partial charge in [0, 0.05) is 0 Å². The molecule has 1 nitrogen and oxygen atoms in total. The van der Waals surface area contributed by atoms with E-state index >= 15 is 0 Å². The van der Waals surface area contributed by atoms with E-state index < -0.39 is 0 Å². The van der Waals surface area contributed by atoms with Crippen LogP contribution >= 0.6 is 0 Å². The fourth-order valence-electron chi connectivity index (χ4n) is 3.03. The van der Waals surface area contributed by atoms with Gasteiger partial charge < -0.3 is 5.11 Å². The Balaban J connectivity index is 4.21. The van der Waals surface area contributed by atoms with Gasteiger partial charge in [0.1, 0.15) is 0 Å². The molecule has 0 saturated heterocycles. The van der Waals surface area contributed by atoms with E-state index in [2.05, 4.69) is 48.1 Å². The molecule has 0 aromatic rings. The van der Waals surface area contributed by atoms with Gasteiger partial charge in [0.05, 0.1) is 6.10 Å². The lowest BCUT2D eigenvalue weighted by Crippen LogP contribution is -2.21. The summed E-state index contributed by atoms with van der Waals surface area (Å²) in [4.78, 5) is 0. The fraction of sp³-hybridized carbons (Fsp3) is 0.889. The predicted octanol–water partition coefficient (Wildman–Crippen LogP) is 5.73. The predicted molar refractivity (Wildman–Crippen MR) is 86.4 cm³/mol. The molecular weight excluding hydrogens is 232 g/mol. The number of hydrogen-bond donors (Lipinski definition) is 1. The van der Waals surface area contributed by atoms with Gasteiger partial charge in [-0.25, -0.2) is 0 Å². The number of aliphatic hydroxyl groups is 1. The first-order valence-electron chi connectivity index (χ1n) is 7.99. The van der Waals surface area contributed by atoms with Crippen LogP contribution in [0.4, 0.5) is 0 Å². The van der Waals surface area contributed by atoms with Crippen molar-refractivity contribution in [3.05, 3.63) is 12.2 Å². The Morgan fingerprint density at radius 1 is 0.947 bits per heavy atom. The maximum Gasteiger partial charge on any atom is 0.0747 e. The number of rotatable bonds is 10. The first kappa shape index (κ1) is 18.7. The third-order valence-corrected chi connectivity index (χ3v) is 4.12. The second-order valence-electron chi connectivity index (χ2n) is 7.72. The maximum absolute atomic E-state index is 10.3. The molecule has 0 aliphatic rings. The Morgan fingerprint density at radius 3 is 1.89 bits per heavy atom. The molecule has 0 amide bonds. The van der Waals surface area contributed by atoms with Gasteiger partial charge in [-0.1, -0.05) is 61.0 Å². The van der Waals surface area contributed by atoms with Gasteiger partial charge in [0.15, 0.2) is 0 Å². The molecule has 0 aliphatic carbocycles. The van der Waals surface area contributed by atoms with Gasteiger partial charge in [0.2, 0.25) is 0 Å². The summed E-state index contributed by atoms with van der Waals surface area (Å²) < 4.78 is 0. The van der Waals surface area contributed by atoms with Gasteiger partial charge in [-0.2, -0.15) is 0 Å². The average Bonchev–Trinajstić information content (AvgIpc) is 2.25. The van der Waals surface area contributed by atoms with Crippen molar-refractivity contribution in [1.29, 1.82) is 0 Å². The van der Waals surface area contributed by atoms with Crippen LogP contribution in [0.25, 0.3) is 0 Å². The molecule has 0 bridgehead atoms. The summed E-state index contributed by atoms with van der Waals surface area (Å²) in [5.74, 6) is 0. The molecule has 114 valence electrons. The van der Waals surface area contributed by atoms with E-state index in [0.717, 1.165) is 24.8 Å². The summed E-state index contributed by atoms with van der Waals surface area (Å²) in [6.45, 7) is 17.7. The van der Waals surface area contributed by atoms with Crippen molar-refractivity contribution < 1.29 is 5.11 Å². The standard InChI is InChI=1S/C18H36O/c1-8-11-17(4,5)13-10-16(19)15(3)14-18(6,7)12-9-2/h16,19H,3,8-14H2,1-2,4-7H3. The van der Waals surface area contributed by atoms with Gasteiger partial charge in [-0.05, 0) is 48.5 Å².